The number of hydrogen-bond donors (Lipinski definition) is 1. The average Bonchev–Trinajstić information content (AvgIpc) is 2.74. The molecule has 0 radical (unpaired) electrons. The monoisotopic (exact) mass is 352 g/mol. The van der Waals surface area contributed by atoms with Gasteiger partial charge in [-0.15, -0.1) is 0 Å². The molecule has 27 heavy (non-hydrogen) atoms. The second-order valence-corrected chi connectivity index (χ2v) is 6.25. The quantitative estimate of drug-likeness (QED) is 0.899. The number of ether oxygens (including phenoxy) is 1. The van der Waals surface area contributed by atoms with Crippen molar-refractivity contribution >= 4 is 11.3 Å². The van der Waals surface area contributed by atoms with E-state index in [-0.39, 0.29) is 5.71 Å². The van der Waals surface area contributed by atoms with Crippen LogP contribution in [0.5, 0.6) is 5.75 Å². The van der Waals surface area contributed by atoms with Gasteiger partial charge in [-0.05, 0) is 28.8 Å². The predicted octanol–water partition coefficient (Wildman–Crippen LogP) is 4.07. The first-order valence-corrected chi connectivity index (χ1v) is 8.33. The van der Waals surface area contributed by atoms with Gasteiger partial charge in [-0.2, -0.15) is 15.8 Å². The highest BCUT2D eigenvalue weighted by molar-refractivity contribution is 6.07. The topological polar surface area (TPSA) is 104 Å². The van der Waals surface area contributed by atoms with Crippen LogP contribution in [0.15, 0.2) is 60.7 Å². The van der Waals surface area contributed by atoms with E-state index in [1.54, 1.807) is 25.3 Å². The fourth-order valence-corrected chi connectivity index (χ4v) is 3.42. The molecule has 5 nitrogen and oxygen atoms in total. The Morgan fingerprint density at radius 3 is 2.11 bits per heavy atom. The van der Waals surface area contributed by atoms with Crippen molar-refractivity contribution in [2.45, 2.75) is 5.92 Å². The third-order valence-electron chi connectivity index (χ3n) is 4.90. The lowest BCUT2D eigenvalue weighted by Crippen LogP contribution is -2.41. The van der Waals surface area contributed by atoms with E-state index < -0.39 is 17.3 Å². The van der Waals surface area contributed by atoms with E-state index in [0.717, 1.165) is 11.1 Å². The van der Waals surface area contributed by atoms with Gasteiger partial charge in [0.1, 0.15) is 11.7 Å². The van der Waals surface area contributed by atoms with E-state index in [1.807, 2.05) is 54.6 Å². The van der Waals surface area contributed by atoms with Crippen LogP contribution >= 0.6 is 0 Å². The molecular weight excluding hydrogens is 336 g/mol. The molecule has 0 fully saturated rings. The van der Waals surface area contributed by atoms with Crippen molar-refractivity contribution < 1.29 is 4.74 Å². The largest absolute Gasteiger partial charge is 0.497 e. The van der Waals surface area contributed by atoms with Crippen molar-refractivity contribution in [2.24, 2.45) is 11.3 Å². The first kappa shape index (κ1) is 17.9. The number of nitriles is 3. The Morgan fingerprint density at radius 1 is 0.963 bits per heavy atom. The third-order valence-corrected chi connectivity index (χ3v) is 4.90. The maximum atomic E-state index is 9.81. The van der Waals surface area contributed by atoms with Crippen molar-refractivity contribution in [3.63, 3.8) is 0 Å². The molecule has 0 heterocycles. The van der Waals surface area contributed by atoms with Crippen LogP contribution in [-0.2, 0) is 0 Å². The van der Waals surface area contributed by atoms with Gasteiger partial charge < -0.3 is 10.1 Å². The van der Waals surface area contributed by atoms with E-state index in [2.05, 4.69) is 6.07 Å². The molecule has 0 amide bonds. The van der Waals surface area contributed by atoms with Crippen molar-refractivity contribution in [1.82, 2.24) is 0 Å². The van der Waals surface area contributed by atoms with Gasteiger partial charge in [0.15, 0.2) is 5.41 Å². The van der Waals surface area contributed by atoms with Gasteiger partial charge in [-0.3, -0.25) is 0 Å². The molecule has 0 saturated carbocycles. The molecule has 0 saturated heterocycles. The summed E-state index contributed by atoms with van der Waals surface area (Å²) >= 11 is 0. The molecular formula is C22H16N4O. The van der Waals surface area contributed by atoms with Gasteiger partial charge in [0.2, 0.25) is 0 Å². The molecule has 0 aromatic heterocycles. The number of rotatable bonds is 3. The Kier molecular flexibility index (Phi) is 4.75. The van der Waals surface area contributed by atoms with Crippen LogP contribution in [0.4, 0.5) is 0 Å². The van der Waals surface area contributed by atoms with Crippen LogP contribution in [-0.4, -0.2) is 12.8 Å². The normalized spacial score (nSPS) is 20.5. The molecule has 0 aliphatic heterocycles. The lowest BCUT2D eigenvalue weighted by molar-refractivity contribution is 0.415. The van der Waals surface area contributed by atoms with E-state index in [4.69, 9.17) is 10.1 Å². The average molecular weight is 352 g/mol. The predicted molar refractivity (Wildman–Crippen MR) is 101 cm³/mol. The summed E-state index contributed by atoms with van der Waals surface area (Å²) in [5, 5.41) is 37.9. The second kappa shape index (κ2) is 7.16. The Balaban J connectivity index is 2.24. The second-order valence-electron chi connectivity index (χ2n) is 6.25. The Bertz CT molecular complexity index is 1000. The van der Waals surface area contributed by atoms with Gasteiger partial charge in [0.25, 0.3) is 0 Å². The van der Waals surface area contributed by atoms with Crippen LogP contribution in [0.2, 0.25) is 0 Å². The zero-order valence-corrected chi connectivity index (χ0v) is 14.7. The number of nitrogens with zero attached hydrogens (tertiary/aromatic N) is 3. The van der Waals surface area contributed by atoms with Gasteiger partial charge >= 0.3 is 0 Å². The summed E-state index contributed by atoms with van der Waals surface area (Å²) in [6.07, 6.45) is 1.79. The van der Waals surface area contributed by atoms with Crippen molar-refractivity contribution in [1.29, 1.82) is 21.2 Å². The highest BCUT2D eigenvalue weighted by atomic mass is 16.5. The Morgan fingerprint density at radius 2 is 1.59 bits per heavy atom. The molecule has 0 bridgehead atoms. The standard InChI is InChI=1S/C22H16N4O/c1-27-17-9-7-15(8-10-17)18-11-20(16-5-3-2-4-6-16)22(13-24,14-25)21(26)19(18)12-23/h2-11,19-20,26H,1H3/t19?,20-/m1/s1. The number of allylic oxidation sites excluding steroid dienone is 2. The number of methoxy groups -OCH3 is 1. The van der Waals surface area contributed by atoms with Crippen LogP contribution in [0.1, 0.15) is 17.0 Å². The summed E-state index contributed by atoms with van der Waals surface area (Å²) in [7, 11) is 1.57. The lowest BCUT2D eigenvalue weighted by Gasteiger charge is -2.36. The minimum atomic E-state index is -1.71. The maximum Gasteiger partial charge on any atom is 0.192 e. The van der Waals surface area contributed by atoms with Gasteiger partial charge in [0.05, 0.1) is 31.0 Å². The van der Waals surface area contributed by atoms with Gasteiger partial charge in [0, 0.05) is 5.92 Å². The van der Waals surface area contributed by atoms with E-state index in [9.17, 15) is 15.8 Å². The number of nitrogens with one attached hydrogen (secondary N) is 1. The third kappa shape index (κ3) is 2.84. The maximum absolute atomic E-state index is 9.81. The van der Waals surface area contributed by atoms with Crippen LogP contribution < -0.4 is 4.74 Å². The van der Waals surface area contributed by atoms with Crippen molar-refractivity contribution in [3.8, 4) is 24.0 Å². The highest BCUT2D eigenvalue weighted by Gasteiger charge is 2.51. The fraction of sp³-hybridized carbons (Fsp3) is 0.182. The molecule has 1 N–H and O–H groups in total. The number of hydrogen-bond acceptors (Lipinski definition) is 5. The zero-order valence-electron chi connectivity index (χ0n) is 14.7. The molecule has 1 unspecified atom stereocenters. The molecule has 2 aromatic carbocycles. The van der Waals surface area contributed by atoms with E-state index in [1.165, 1.54) is 0 Å². The summed E-state index contributed by atoms with van der Waals surface area (Å²) in [4.78, 5) is 0. The summed E-state index contributed by atoms with van der Waals surface area (Å²) < 4.78 is 5.18. The Labute approximate surface area is 157 Å². The summed E-state index contributed by atoms with van der Waals surface area (Å²) in [5.74, 6) is -0.915. The first-order valence-electron chi connectivity index (χ1n) is 8.33. The fourth-order valence-electron chi connectivity index (χ4n) is 3.42. The minimum absolute atomic E-state index is 0.183. The minimum Gasteiger partial charge on any atom is -0.497 e. The van der Waals surface area contributed by atoms with Crippen molar-refractivity contribution in [3.05, 3.63) is 71.8 Å². The molecule has 3 rings (SSSR count). The van der Waals surface area contributed by atoms with Crippen molar-refractivity contribution in [2.75, 3.05) is 7.11 Å². The lowest BCUT2D eigenvalue weighted by atomic mass is 9.61. The van der Waals surface area contributed by atoms with Gasteiger partial charge in [-0.25, -0.2) is 0 Å². The van der Waals surface area contributed by atoms with Gasteiger partial charge in [-0.1, -0.05) is 48.5 Å². The molecule has 2 atom stereocenters. The van der Waals surface area contributed by atoms with Crippen LogP contribution in [0.3, 0.4) is 0 Å². The summed E-state index contributed by atoms with van der Waals surface area (Å²) in [5.41, 5.74) is 0.250. The summed E-state index contributed by atoms with van der Waals surface area (Å²) in [6, 6.07) is 22.5. The first-order chi connectivity index (χ1) is 13.1. The molecule has 2 aromatic rings. The molecule has 5 heteroatoms. The SMILES string of the molecule is COc1ccc(C2=C[C@H](c3ccccc3)C(C#N)(C#N)C(=N)C2C#N)cc1. The van der Waals surface area contributed by atoms with Crippen LogP contribution in [0.25, 0.3) is 5.57 Å². The molecule has 130 valence electrons. The highest BCUT2D eigenvalue weighted by Crippen LogP contribution is 2.47. The smallest absolute Gasteiger partial charge is 0.192 e. The van der Waals surface area contributed by atoms with E-state index >= 15 is 0 Å². The summed E-state index contributed by atoms with van der Waals surface area (Å²) in [6.45, 7) is 0. The van der Waals surface area contributed by atoms with E-state index in [0.29, 0.717) is 11.3 Å². The molecule has 0 spiro atoms. The number of benzene rings is 2. The zero-order chi connectivity index (χ0) is 19.4. The molecule has 1 aliphatic carbocycles. The molecule has 1 aliphatic rings. The van der Waals surface area contributed by atoms with Crippen LogP contribution in [0, 0.1) is 50.7 Å². The Hall–Kier alpha value is -3.88.